The summed E-state index contributed by atoms with van der Waals surface area (Å²) in [5.74, 6) is 3.83. The fourth-order valence-corrected chi connectivity index (χ4v) is 3.62. The number of aromatic nitrogens is 3. The van der Waals surface area contributed by atoms with Crippen LogP contribution in [0.3, 0.4) is 0 Å². The molecule has 0 amide bonds. The Labute approximate surface area is 147 Å². The molecule has 3 heterocycles. The van der Waals surface area contributed by atoms with Crippen molar-refractivity contribution in [2.45, 2.75) is 31.7 Å². The molecule has 7 nitrogen and oxygen atoms in total. The molecular formula is C18H24N4O3. The van der Waals surface area contributed by atoms with E-state index in [1.807, 2.05) is 6.07 Å². The summed E-state index contributed by atoms with van der Waals surface area (Å²) >= 11 is 0. The SMILES string of the molecule is COc1cc2c(cc1CN1CCC[C@H](c3ncn[nH]3)C1)OCCCO2. The minimum Gasteiger partial charge on any atom is -0.496 e. The first-order chi connectivity index (χ1) is 12.3. The molecule has 1 aromatic heterocycles. The molecule has 134 valence electrons. The zero-order valence-corrected chi connectivity index (χ0v) is 14.5. The second-order valence-corrected chi connectivity index (χ2v) is 6.61. The van der Waals surface area contributed by atoms with Crippen molar-refractivity contribution >= 4 is 0 Å². The number of rotatable bonds is 4. The molecule has 0 saturated carbocycles. The molecular weight excluding hydrogens is 320 g/mol. The number of benzene rings is 1. The Hall–Kier alpha value is -2.28. The van der Waals surface area contributed by atoms with Crippen LogP contribution in [0.4, 0.5) is 0 Å². The maximum Gasteiger partial charge on any atom is 0.164 e. The van der Waals surface area contributed by atoms with E-state index < -0.39 is 0 Å². The van der Waals surface area contributed by atoms with Crippen LogP contribution in [-0.2, 0) is 6.54 Å². The van der Waals surface area contributed by atoms with Crippen molar-refractivity contribution in [1.29, 1.82) is 0 Å². The first-order valence-electron chi connectivity index (χ1n) is 8.87. The number of nitrogens with one attached hydrogen (secondary N) is 1. The van der Waals surface area contributed by atoms with Gasteiger partial charge in [-0.2, -0.15) is 5.10 Å². The van der Waals surface area contributed by atoms with Gasteiger partial charge in [0.15, 0.2) is 11.5 Å². The second-order valence-electron chi connectivity index (χ2n) is 6.61. The minimum absolute atomic E-state index is 0.405. The third-order valence-corrected chi connectivity index (χ3v) is 4.87. The number of H-pyrrole nitrogens is 1. The molecule has 1 fully saturated rings. The maximum absolute atomic E-state index is 5.84. The fourth-order valence-electron chi connectivity index (χ4n) is 3.62. The van der Waals surface area contributed by atoms with Crippen LogP contribution in [-0.4, -0.2) is 53.5 Å². The van der Waals surface area contributed by atoms with Crippen molar-refractivity contribution in [3.05, 3.63) is 29.8 Å². The molecule has 0 spiro atoms. The minimum atomic E-state index is 0.405. The van der Waals surface area contributed by atoms with Crippen LogP contribution >= 0.6 is 0 Å². The van der Waals surface area contributed by atoms with E-state index in [1.165, 1.54) is 0 Å². The average Bonchev–Trinajstić information content (AvgIpc) is 3.08. The lowest BCUT2D eigenvalue weighted by Crippen LogP contribution is -2.34. The van der Waals surface area contributed by atoms with Gasteiger partial charge in [-0.25, -0.2) is 4.98 Å². The Kier molecular flexibility index (Phi) is 4.74. The Morgan fingerprint density at radius 3 is 2.84 bits per heavy atom. The zero-order valence-electron chi connectivity index (χ0n) is 14.5. The Morgan fingerprint density at radius 1 is 1.24 bits per heavy atom. The van der Waals surface area contributed by atoms with E-state index in [1.54, 1.807) is 13.4 Å². The number of piperidine rings is 1. The first-order valence-corrected chi connectivity index (χ1v) is 8.87. The summed E-state index contributed by atoms with van der Waals surface area (Å²) < 4.78 is 17.2. The van der Waals surface area contributed by atoms with Crippen molar-refractivity contribution < 1.29 is 14.2 Å². The number of ether oxygens (including phenoxy) is 3. The Bertz CT molecular complexity index is 705. The normalized spacial score (nSPS) is 20.9. The van der Waals surface area contributed by atoms with Crippen LogP contribution in [0.5, 0.6) is 17.2 Å². The molecule has 0 aliphatic carbocycles. The van der Waals surface area contributed by atoms with Gasteiger partial charge in [-0.3, -0.25) is 10.00 Å². The molecule has 1 saturated heterocycles. The molecule has 1 aromatic carbocycles. The smallest absolute Gasteiger partial charge is 0.164 e. The molecule has 25 heavy (non-hydrogen) atoms. The highest BCUT2D eigenvalue weighted by molar-refractivity contribution is 5.51. The molecule has 2 aliphatic rings. The van der Waals surface area contributed by atoms with Crippen molar-refractivity contribution in [3.63, 3.8) is 0 Å². The van der Waals surface area contributed by atoms with E-state index in [4.69, 9.17) is 14.2 Å². The van der Waals surface area contributed by atoms with Gasteiger partial charge in [-0.05, 0) is 25.5 Å². The maximum atomic E-state index is 5.84. The van der Waals surface area contributed by atoms with Gasteiger partial charge in [0.25, 0.3) is 0 Å². The monoisotopic (exact) mass is 344 g/mol. The van der Waals surface area contributed by atoms with Gasteiger partial charge in [-0.15, -0.1) is 0 Å². The molecule has 1 atom stereocenters. The molecule has 1 N–H and O–H groups in total. The summed E-state index contributed by atoms with van der Waals surface area (Å²) in [6.45, 7) is 4.23. The van der Waals surface area contributed by atoms with Gasteiger partial charge in [0.1, 0.15) is 17.9 Å². The molecule has 7 heteroatoms. The lowest BCUT2D eigenvalue weighted by atomic mass is 9.97. The largest absolute Gasteiger partial charge is 0.496 e. The van der Waals surface area contributed by atoms with E-state index in [9.17, 15) is 0 Å². The first kappa shape index (κ1) is 16.2. The Morgan fingerprint density at radius 2 is 2.08 bits per heavy atom. The summed E-state index contributed by atoms with van der Waals surface area (Å²) in [5, 5.41) is 7.00. The van der Waals surface area contributed by atoms with Crippen LogP contribution in [0.2, 0.25) is 0 Å². The van der Waals surface area contributed by atoms with Crippen molar-refractivity contribution in [2.24, 2.45) is 0 Å². The molecule has 2 aromatic rings. The van der Waals surface area contributed by atoms with E-state index in [0.29, 0.717) is 19.1 Å². The van der Waals surface area contributed by atoms with Crippen LogP contribution in [0.25, 0.3) is 0 Å². The average molecular weight is 344 g/mol. The molecule has 2 aliphatic heterocycles. The standard InChI is InChI=1S/C18H24N4O3/c1-23-15-9-17-16(24-6-3-7-25-17)8-14(15)11-22-5-2-4-13(10-22)18-19-12-20-21-18/h8-9,12-13H,2-7,10-11H2,1H3,(H,19,20,21)/t13-/m0/s1. The lowest BCUT2D eigenvalue weighted by molar-refractivity contribution is 0.194. The Balaban J connectivity index is 1.52. The number of hydrogen-bond acceptors (Lipinski definition) is 6. The van der Waals surface area contributed by atoms with Gasteiger partial charge < -0.3 is 14.2 Å². The van der Waals surface area contributed by atoms with Crippen molar-refractivity contribution in [3.8, 4) is 17.2 Å². The summed E-state index contributed by atoms with van der Waals surface area (Å²) in [5.41, 5.74) is 1.13. The van der Waals surface area contributed by atoms with Gasteiger partial charge in [0, 0.05) is 37.1 Å². The van der Waals surface area contributed by atoms with E-state index in [0.717, 1.165) is 67.5 Å². The molecule has 4 rings (SSSR count). The second kappa shape index (κ2) is 7.31. The van der Waals surface area contributed by atoms with Crippen LogP contribution in [0.15, 0.2) is 18.5 Å². The predicted octanol–water partition coefficient (Wildman–Crippen LogP) is 2.35. The highest BCUT2D eigenvalue weighted by Crippen LogP contribution is 2.37. The third-order valence-electron chi connectivity index (χ3n) is 4.87. The topological polar surface area (TPSA) is 72.5 Å². The molecule has 0 bridgehead atoms. The van der Waals surface area contributed by atoms with E-state index in [-0.39, 0.29) is 0 Å². The summed E-state index contributed by atoms with van der Waals surface area (Å²) in [7, 11) is 1.70. The lowest BCUT2D eigenvalue weighted by Gasteiger charge is -2.32. The van der Waals surface area contributed by atoms with Gasteiger partial charge in [0.05, 0.1) is 20.3 Å². The van der Waals surface area contributed by atoms with E-state index >= 15 is 0 Å². The predicted molar refractivity (Wildman–Crippen MR) is 92.2 cm³/mol. The number of likely N-dealkylation sites (tertiary alicyclic amines) is 1. The van der Waals surface area contributed by atoms with Crippen LogP contribution in [0.1, 0.15) is 36.6 Å². The number of methoxy groups -OCH3 is 1. The summed E-state index contributed by atoms with van der Waals surface area (Å²) in [6.07, 6.45) is 4.78. The van der Waals surface area contributed by atoms with Gasteiger partial charge in [0.2, 0.25) is 0 Å². The highest BCUT2D eigenvalue weighted by atomic mass is 16.5. The van der Waals surface area contributed by atoms with Gasteiger partial charge >= 0.3 is 0 Å². The number of aromatic amines is 1. The van der Waals surface area contributed by atoms with E-state index in [2.05, 4.69) is 26.1 Å². The third kappa shape index (κ3) is 3.56. The quantitative estimate of drug-likeness (QED) is 0.918. The fraction of sp³-hybridized carbons (Fsp3) is 0.556. The van der Waals surface area contributed by atoms with Crippen LogP contribution in [0, 0.1) is 0 Å². The highest BCUT2D eigenvalue weighted by Gasteiger charge is 2.25. The molecule has 0 radical (unpaired) electrons. The van der Waals surface area contributed by atoms with Gasteiger partial charge in [-0.1, -0.05) is 0 Å². The summed E-state index contributed by atoms with van der Waals surface area (Å²) in [6, 6.07) is 4.02. The summed E-state index contributed by atoms with van der Waals surface area (Å²) in [4.78, 5) is 6.77. The number of fused-ring (bicyclic) bond motifs is 1. The van der Waals surface area contributed by atoms with Crippen molar-refractivity contribution in [1.82, 2.24) is 20.1 Å². The van der Waals surface area contributed by atoms with Crippen molar-refractivity contribution in [2.75, 3.05) is 33.4 Å². The number of nitrogens with zero attached hydrogens (tertiary/aromatic N) is 3. The van der Waals surface area contributed by atoms with Crippen LogP contribution < -0.4 is 14.2 Å². The molecule has 0 unspecified atom stereocenters. The number of hydrogen-bond donors (Lipinski definition) is 1. The zero-order chi connectivity index (χ0) is 17.1.